The van der Waals surface area contributed by atoms with Crippen molar-refractivity contribution < 1.29 is 14.3 Å². The molecule has 2 saturated heterocycles. The zero-order valence-corrected chi connectivity index (χ0v) is 15.9. The second kappa shape index (κ2) is 8.82. The minimum atomic E-state index is 0. The summed E-state index contributed by atoms with van der Waals surface area (Å²) in [5.41, 5.74) is 0. The summed E-state index contributed by atoms with van der Waals surface area (Å²) in [6, 6.07) is 8.39. The number of likely N-dealkylation sites (tertiary alicyclic amines) is 1. The maximum atomic E-state index is 12.0. The Kier molecular flexibility index (Phi) is 6.48. The second-order valence-electron chi connectivity index (χ2n) is 7.14. The number of amides is 2. The molecule has 144 valence electrons. The number of ether oxygens (including phenoxy) is 2. The molecule has 0 spiro atoms. The van der Waals surface area contributed by atoms with E-state index < -0.39 is 0 Å². The standard InChI is InChI=1S/C19H27N3O3.ClH/c23-19-20-9-3-10-22(19)15-6-11-21(12-7-15)13-8-16-14-24-17-4-1-2-5-18(17)25-16;/h1-2,4-5,15-16H,3,6-14H2,(H,20,23);1H. The highest BCUT2D eigenvalue weighted by atomic mass is 35.5. The number of halogens is 1. The number of piperidine rings is 1. The lowest BCUT2D eigenvalue weighted by atomic mass is 10.0. The van der Waals surface area contributed by atoms with Crippen molar-refractivity contribution in [1.82, 2.24) is 15.1 Å². The SMILES string of the molecule is Cl.O=C1NCCCN1C1CCN(CCC2COc3ccccc3O2)CC1. The van der Waals surface area contributed by atoms with Crippen LogP contribution in [0.3, 0.4) is 0 Å². The molecular weight excluding hydrogens is 354 g/mol. The molecule has 0 bridgehead atoms. The van der Waals surface area contributed by atoms with Gasteiger partial charge < -0.3 is 24.6 Å². The van der Waals surface area contributed by atoms with Crippen LogP contribution in [0, 0.1) is 0 Å². The third kappa shape index (κ3) is 4.35. The van der Waals surface area contributed by atoms with Gasteiger partial charge in [0, 0.05) is 45.2 Å². The molecule has 4 rings (SSSR count). The number of benzene rings is 1. The van der Waals surface area contributed by atoms with E-state index in [4.69, 9.17) is 9.47 Å². The van der Waals surface area contributed by atoms with Crippen LogP contribution in [0.25, 0.3) is 0 Å². The molecule has 1 atom stereocenters. The molecule has 0 aliphatic carbocycles. The molecule has 3 aliphatic rings. The third-order valence-electron chi connectivity index (χ3n) is 5.45. The lowest BCUT2D eigenvalue weighted by Crippen LogP contribution is -2.54. The molecule has 0 aromatic heterocycles. The Bertz CT molecular complexity index is 607. The first-order valence-electron chi connectivity index (χ1n) is 9.45. The van der Waals surface area contributed by atoms with Gasteiger partial charge in [-0.15, -0.1) is 12.4 Å². The molecule has 2 fully saturated rings. The Morgan fingerprint density at radius 2 is 1.88 bits per heavy atom. The Hall–Kier alpha value is -1.66. The summed E-state index contributed by atoms with van der Waals surface area (Å²) >= 11 is 0. The summed E-state index contributed by atoms with van der Waals surface area (Å²) in [5, 5.41) is 2.96. The van der Waals surface area contributed by atoms with Gasteiger partial charge in [-0.05, 0) is 31.4 Å². The van der Waals surface area contributed by atoms with Crippen molar-refractivity contribution in [2.45, 2.75) is 37.8 Å². The van der Waals surface area contributed by atoms with Gasteiger partial charge in [0.05, 0.1) is 0 Å². The lowest BCUT2D eigenvalue weighted by molar-refractivity contribution is 0.0653. The maximum absolute atomic E-state index is 12.0. The molecule has 1 aromatic rings. The highest BCUT2D eigenvalue weighted by Crippen LogP contribution is 2.31. The first-order valence-corrected chi connectivity index (χ1v) is 9.45. The third-order valence-corrected chi connectivity index (χ3v) is 5.45. The quantitative estimate of drug-likeness (QED) is 0.870. The van der Waals surface area contributed by atoms with E-state index in [1.807, 2.05) is 29.2 Å². The molecule has 26 heavy (non-hydrogen) atoms. The summed E-state index contributed by atoms with van der Waals surface area (Å²) in [6.45, 7) is 5.48. The fraction of sp³-hybridized carbons (Fsp3) is 0.632. The van der Waals surface area contributed by atoms with Gasteiger partial charge in [0.15, 0.2) is 11.5 Å². The van der Waals surface area contributed by atoms with Crippen LogP contribution in [0.4, 0.5) is 4.79 Å². The van der Waals surface area contributed by atoms with E-state index in [1.54, 1.807) is 0 Å². The van der Waals surface area contributed by atoms with Crippen molar-refractivity contribution in [3.8, 4) is 11.5 Å². The summed E-state index contributed by atoms with van der Waals surface area (Å²) < 4.78 is 11.8. The maximum Gasteiger partial charge on any atom is 0.317 e. The predicted octanol–water partition coefficient (Wildman–Crippen LogP) is 2.52. The van der Waals surface area contributed by atoms with Gasteiger partial charge in [-0.1, -0.05) is 12.1 Å². The first-order chi connectivity index (χ1) is 12.3. The molecule has 1 aromatic carbocycles. The Morgan fingerprint density at radius 3 is 2.65 bits per heavy atom. The van der Waals surface area contributed by atoms with Crippen molar-refractivity contribution in [1.29, 1.82) is 0 Å². The highest BCUT2D eigenvalue weighted by molar-refractivity contribution is 5.85. The number of carbonyl (C=O) groups excluding carboxylic acids is 1. The van der Waals surface area contributed by atoms with Gasteiger partial charge in [-0.25, -0.2) is 4.79 Å². The van der Waals surface area contributed by atoms with Gasteiger partial charge in [0.1, 0.15) is 12.7 Å². The number of hydrogen-bond donors (Lipinski definition) is 1. The van der Waals surface area contributed by atoms with Crippen LogP contribution in [0.2, 0.25) is 0 Å². The molecule has 1 unspecified atom stereocenters. The monoisotopic (exact) mass is 381 g/mol. The van der Waals surface area contributed by atoms with Gasteiger partial charge in [0.25, 0.3) is 0 Å². The van der Waals surface area contributed by atoms with Crippen LogP contribution in [-0.2, 0) is 0 Å². The predicted molar refractivity (Wildman–Crippen MR) is 102 cm³/mol. The summed E-state index contributed by atoms with van der Waals surface area (Å²) in [7, 11) is 0. The zero-order valence-electron chi connectivity index (χ0n) is 15.1. The van der Waals surface area contributed by atoms with E-state index in [2.05, 4.69) is 10.2 Å². The molecule has 0 saturated carbocycles. The van der Waals surface area contributed by atoms with E-state index >= 15 is 0 Å². The average molecular weight is 382 g/mol. The Morgan fingerprint density at radius 1 is 1.12 bits per heavy atom. The van der Waals surface area contributed by atoms with Gasteiger partial charge >= 0.3 is 6.03 Å². The summed E-state index contributed by atoms with van der Waals surface area (Å²) in [5.74, 6) is 1.70. The minimum Gasteiger partial charge on any atom is -0.486 e. The summed E-state index contributed by atoms with van der Waals surface area (Å²) in [6.07, 6.45) is 4.30. The molecule has 0 radical (unpaired) electrons. The minimum absolute atomic E-state index is 0. The van der Waals surface area contributed by atoms with E-state index in [0.717, 1.165) is 69.9 Å². The van der Waals surface area contributed by atoms with E-state index in [1.165, 1.54) is 0 Å². The van der Waals surface area contributed by atoms with Crippen LogP contribution in [-0.4, -0.2) is 67.3 Å². The zero-order chi connectivity index (χ0) is 17.1. The van der Waals surface area contributed by atoms with E-state index in [0.29, 0.717) is 12.6 Å². The van der Waals surface area contributed by atoms with Crippen LogP contribution in [0.5, 0.6) is 11.5 Å². The number of carbonyl (C=O) groups is 1. The first kappa shape index (κ1) is 19.1. The molecule has 2 amide bonds. The number of para-hydroxylation sites is 2. The average Bonchev–Trinajstić information content (AvgIpc) is 2.67. The van der Waals surface area contributed by atoms with Gasteiger partial charge in [-0.3, -0.25) is 0 Å². The van der Waals surface area contributed by atoms with Crippen molar-refractivity contribution >= 4 is 18.4 Å². The normalized spacial score (nSPS) is 23.9. The lowest BCUT2D eigenvalue weighted by Gasteiger charge is -2.40. The van der Waals surface area contributed by atoms with Crippen LogP contribution in [0.1, 0.15) is 25.7 Å². The van der Waals surface area contributed by atoms with Crippen LogP contribution in [0.15, 0.2) is 24.3 Å². The van der Waals surface area contributed by atoms with Crippen molar-refractivity contribution in [3.63, 3.8) is 0 Å². The Labute approximate surface area is 161 Å². The van der Waals surface area contributed by atoms with Crippen LogP contribution < -0.4 is 14.8 Å². The number of rotatable bonds is 4. The van der Waals surface area contributed by atoms with Gasteiger partial charge in [-0.2, -0.15) is 0 Å². The number of fused-ring (bicyclic) bond motifs is 1. The molecule has 6 nitrogen and oxygen atoms in total. The highest BCUT2D eigenvalue weighted by Gasteiger charge is 2.30. The number of urea groups is 1. The second-order valence-corrected chi connectivity index (χ2v) is 7.14. The molecule has 3 aliphatic heterocycles. The van der Waals surface area contributed by atoms with E-state index in [9.17, 15) is 4.79 Å². The number of hydrogen-bond acceptors (Lipinski definition) is 4. The molecular formula is C19H28ClN3O3. The largest absolute Gasteiger partial charge is 0.486 e. The number of nitrogens with one attached hydrogen (secondary N) is 1. The fourth-order valence-corrected chi connectivity index (χ4v) is 3.98. The smallest absolute Gasteiger partial charge is 0.317 e. The fourth-order valence-electron chi connectivity index (χ4n) is 3.98. The molecule has 1 N–H and O–H groups in total. The van der Waals surface area contributed by atoms with Crippen molar-refractivity contribution in [2.75, 3.05) is 39.3 Å². The topological polar surface area (TPSA) is 54.0 Å². The van der Waals surface area contributed by atoms with Gasteiger partial charge in [0.2, 0.25) is 0 Å². The summed E-state index contributed by atoms with van der Waals surface area (Å²) in [4.78, 5) is 16.5. The van der Waals surface area contributed by atoms with Crippen LogP contribution >= 0.6 is 12.4 Å². The van der Waals surface area contributed by atoms with E-state index in [-0.39, 0.29) is 24.5 Å². The Balaban J connectivity index is 0.00000196. The van der Waals surface area contributed by atoms with Crippen molar-refractivity contribution in [2.24, 2.45) is 0 Å². The van der Waals surface area contributed by atoms with Crippen molar-refractivity contribution in [3.05, 3.63) is 24.3 Å². The number of nitrogens with zero attached hydrogens (tertiary/aromatic N) is 2. The molecule has 7 heteroatoms. The molecule has 3 heterocycles.